The second-order valence-corrected chi connectivity index (χ2v) is 3.89. The number of carbonyl (C=O) groups is 2. The zero-order valence-corrected chi connectivity index (χ0v) is 12.1. The number of esters is 1. The van der Waals surface area contributed by atoms with Gasteiger partial charge in [-0.1, -0.05) is 26.3 Å². The van der Waals surface area contributed by atoms with Crippen LogP contribution in [0.2, 0.25) is 0 Å². The molecule has 0 fully saturated rings. The summed E-state index contributed by atoms with van der Waals surface area (Å²) in [6.45, 7) is 5.46. The maximum atomic E-state index is 11.1. The van der Waals surface area contributed by atoms with Gasteiger partial charge in [0.25, 0.3) is 6.29 Å². The van der Waals surface area contributed by atoms with Crippen molar-refractivity contribution in [1.82, 2.24) is 0 Å². The molecule has 0 heterocycles. The molecule has 0 aromatic rings. The quantitative estimate of drug-likeness (QED) is 0.137. The number of carbonyl (C=O) groups excluding carboxylic acids is 1. The minimum atomic E-state index is -1.39. The molecule has 0 aliphatic rings. The summed E-state index contributed by atoms with van der Waals surface area (Å²) in [4.78, 5) is 31.0. The molecule has 1 N–H and O–H groups in total. The van der Waals surface area contributed by atoms with Crippen LogP contribution in [-0.4, -0.2) is 49.9 Å². The van der Waals surface area contributed by atoms with Crippen molar-refractivity contribution in [2.24, 2.45) is 0 Å². The number of ether oxygens (including phenoxy) is 3. The summed E-state index contributed by atoms with van der Waals surface area (Å²) in [6.07, 6.45) is 1.42. The van der Waals surface area contributed by atoms with Gasteiger partial charge in [-0.3, -0.25) is 0 Å². The maximum absolute atomic E-state index is 11.1. The third-order valence-electron chi connectivity index (χ3n) is 2.13. The van der Waals surface area contributed by atoms with Crippen LogP contribution in [0.5, 0.6) is 0 Å². The van der Waals surface area contributed by atoms with Crippen molar-refractivity contribution in [2.75, 3.05) is 26.4 Å². The van der Waals surface area contributed by atoms with Gasteiger partial charge in [0.2, 0.25) is 0 Å². The highest BCUT2D eigenvalue weighted by Crippen LogP contribution is 2.01. The molecule has 1 atom stereocenters. The van der Waals surface area contributed by atoms with Crippen LogP contribution in [0, 0.1) is 0 Å². The zero-order valence-electron chi connectivity index (χ0n) is 12.1. The molecule has 0 amide bonds. The zero-order chi connectivity index (χ0) is 15.9. The van der Waals surface area contributed by atoms with Gasteiger partial charge in [0.1, 0.15) is 13.2 Å². The summed E-state index contributed by atoms with van der Waals surface area (Å²) in [5.74, 6) is -0.678. The Labute approximate surface area is 123 Å². The molecule has 0 aromatic carbocycles. The van der Waals surface area contributed by atoms with Crippen molar-refractivity contribution in [1.29, 1.82) is 0 Å². The number of hydrogen-bond donors (Lipinski definition) is 1. The smallest absolute Gasteiger partial charge is 0.450 e. The Kier molecular flexibility index (Phi) is 12.3. The van der Waals surface area contributed by atoms with Gasteiger partial charge in [0, 0.05) is 6.08 Å². The molecule has 0 aromatic heterocycles. The first-order valence-corrected chi connectivity index (χ1v) is 6.65. The van der Waals surface area contributed by atoms with Gasteiger partial charge >= 0.3 is 12.1 Å². The van der Waals surface area contributed by atoms with Gasteiger partial charge in [-0.2, -0.15) is 4.89 Å². The number of carboxylic acid groups (broad SMARTS) is 1. The third kappa shape index (κ3) is 13.1. The Morgan fingerprint density at radius 3 is 2.62 bits per heavy atom. The first-order valence-electron chi connectivity index (χ1n) is 6.65. The molecule has 0 rings (SSSR count). The van der Waals surface area contributed by atoms with Crippen molar-refractivity contribution in [3.8, 4) is 0 Å². The first kappa shape index (κ1) is 19.4. The second-order valence-electron chi connectivity index (χ2n) is 3.89. The summed E-state index contributed by atoms with van der Waals surface area (Å²) in [6, 6.07) is 0. The van der Waals surface area contributed by atoms with Gasteiger partial charge in [0.05, 0.1) is 13.2 Å². The largest absolute Gasteiger partial charge is 0.505 e. The van der Waals surface area contributed by atoms with Crippen LogP contribution in [0.15, 0.2) is 12.7 Å². The predicted octanol–water partition coefficient (Wildman–Crippen LogP) is 1.89. The van der Waals surface area contributed by atoms with Gasteiger partial charge in [-0.15, -0.1) is 0 Å². The highest BCUT2D eigenvalue weighted by atomic mass is 17.2. The summed E-state index contributed by atoms with van der Waals surface area (Å²) in [5, 5.41) is 8.26. The van der Waals surface area contributed by atoms with E-state index in [1.165, 1.54) is 0 Å². The van der Waals surface area contributed by atoms with Crippen LogP contribution in [0.4, 0.5) is 4.79 Å². The average molecular weight is 306 g/mol. The van der Waals surface area contributed by atoms with E-state index in [0.29, 0.717) is 6.61 Å². The van der Waals surface area contributed by atoms with E-state index in [0.717, 1.165) is 25.3 Å². The molecule has 0 saturated heterocycles. The normalized spacial score (nSPS) is 11.7. The Morgan fingerprint density at radius 2 is 2.00 bits per heavy atom. The van der Waals surface area contributed by atoms with Crippen LogP contribution in [0.25, 0.3) is 0 Å². The van der Waals surface area contributed by atoms with Crippen LogP contribution >= 0.6 is 0 Å². The average Bonchev–Trinajstić information content (AvgIpc) is 2.45. The van der Waals surface area contributed by atoms with Crippen molar-refractivity contribution in [3.63, 3.8) is 0 Å². The van der Waals surface area contributed by atoms with Crippen molar-refractivity contribution in [2.45, 2.75) is 32.5 Å². The summed E-state index contributed by atoms with van der Waals surface area (Å²) in [7, 11) is 0. The lowest BCUT2D eigenvalue weighted by Crippen LogP contribution is -2.27. The van der Waals surface area contributed by atoms with Crippen molar-refractivity contribution in [3.05, 3.63) is 12.7 Å². The molecule has 21 heavy (non-hydrogen) atoms. The van der Waals surface area contributed by atoms with E-state index in [4.69, 9.17) is 24.4 Å². The summed E-state index contributed by atoms with van der Waals surface area (Å²) in [5.41, 5.74) is 0. The van der Waals surface area contributed by atoms with E-state index < -0.39 is 18.4 Å². The van der Waals surface area contributed by atoms with Crippen molar-refractivity contribution >= 4 is 12.1 Å². The molecular weight excluding hydrogens is 284 g/mol. The van der Waals surface area contributed by atoms with E-state index in [1.54, 1.807) is 0 Å². The van der Waals surface area contributed by atoms with Crippen molar-refractivity contribution < 1.29 is 38.7 Å². The summed E-state index contributed by atoms with van der Waals surface area (Å²) < 4.78 is 14.2. The molecule has 0 saturated carbocycles. The third-order valence-corrected chi connectivity index (χ3v) is 2.13. The molecule has 0 aliphatic heterocycles. The SMILES string of the molecule is C=CC(=O)OC(COCCOC(=O)O)OOCCCCC. The Balaban J connectivity index is 3.88. The highest BCUT2D eigenvalue weighted by Gasteiger charge is 2.15. The Morgan fingerprint density at radius 1 is 1.24 bits per heavy atom. The molecule has 0 bridgehead atoms. The molecule has 0 spiro atoms. The Hall–Kier alpha value is -1.64. The van der Waals surface area contributed by atoms with E-state index in [-0.39, 0.29) is 19.8 Å². The standard InChI is InChI=1S/C13H22O8/c1-3-5-6-7-19-21-12(20-11(14)4-2)10-17-8-9-18-13(15)16/h4,12H,2-3,5-10H2,1H3,(H,15,16). The van der Waals surface area contributed by atoms with E-state index in [1.807, 2.05) is 0 Å². The fourth-order valence-corrected chi connectivity index (χ4v) is 1.16. The Bertz CT molecular complexity index is 305. The molecule has 8 nitrogen and oxygen atoms in total. The van der Waals surface area contributed by atoms with Crippen LogP contribution < -0.4 is 0 Å². The maximum Gasteiger partial charge on any atom is 0.505 e. The minimum absolute atomic E-state index is 0.00757. The summed E-state index contributed by atoms with van der Waals surface area (Å²) >= 11 is 0. The van der Waals surface area contributed by atoms with Crippen LogP contribution in [0.1, 0.15) is 26.2 Å². The molecule has 0 aliphatic carbocycles. The highest BCUT2D eigenvalue weighted by molar-refractivity contribution is 5.81. The fraction of sp³-hybridized carbons (Fsp3) is 0.692. The van der Waals surface area contributed by atoms with Crippen LogP contribution in [0.3, 0.4) is 0 Å². The number of rotatable bonds is 13. The number of hydrogen-bond acceptors (Lipinski definition) is 7. The molecular formula is C13H22O8. The minimum Gasteiger partial charge on any atom is -0.450 e. The lowest BCUT2D eigenvalue weighted by Gasteiger charge is -2.16. The van der Waals surface area contributed by atoms with E-state index >= 15 is 0 Å². The lowest BCUT2D eigenvalue weighted by molar-refractivity contribution is -0.376. The topological polar surface area (TPSA) is 101 Å². The van der Waals surface area contributed by atoms with E-state index in [2.05, 4.69) is 18.2 Å². The van der Waals surface area contributed by atoms with Crippen LogP contribution in [-0.2, 0) is 28.8 Å². The molecule has 8 heteroatoms. The second kappa shape index (κ2) is 13.3. The first-order chi connectivity index (χ1) is 10.1. The molecule has 0 radical (unpaired) electrons. The van der Waals surface area contributed by atoms with Gasteiger partial charge in [0.15, 0.2) is 0 Å². The number of unbranched alkanes of at least 4 members (excludes halogenated alkanes) is 2. The molecule has 122 valence electrons. The van der Waals surface area contributed by atoms with Gasteiger partial charge in [-0.05, 0) is 6.42 Å². The van der Waals surface area contributed by atoms with E-state index in [9.17, 15) is 9.59 Å². The lowest BCUT2D eigenvalue weighted by atomic mass is 10.3. The van der Waals surface area contributed by atoms with Gasteiger partial charge in [-0.25, -0.2) is 14.5 Å². The fourth-order valence-electron chi connectivity index (χ4n) is 1.16. The monoisotopic (exact) mass is 306 g/mol. The molecule has 1 unspecified atom stereocenters. The van der Waals surface area contributed by atoms with Gasteiger partial charge < -0.3 is 19.3 Å². The predicted molar refractivity (Wildman–Crippen MR) is 71.4 cm³/mol.